The molecule has 0 bridgehead atoms. The minimum absolute atomic E-state index is 0.213. The van der Waals surface area contributed by atoms with E-state index in [1.54, 1.807) is 11.7 Å². The highest BCUT2D eigenvalue weighted by atomic mass is 16.5. The molecule has 140 valence electrons. The van der Waals surface area contributed by atoms with E-state index in [1.165, 1.54) is 6.07 Å². The lowest BCUT2D eigenvalue weighted by Gasteiger charge is -2.30. The molecule has 1 aromatic heterocycles. The number of carbonyl (C=O) groups excluding carboxylic acids is 1. The van der Waals surface area contributed by atoms with E-state index in [0.29, 0.717) is 18.5 Å². The molecular formula is C19H26N4O3. The van der Waals surface area contributed by atoms with Crippen molar-refractivity contribution in [3.63, 3.8) is 0 Å². The van der Waals surface area contributed by atoms with Gasteiger partial charge in [-0.25, -0.2) is 0 Å². The Bertz CT molecular complexity index is 854. The summed E-state index contributed by atoms with van der Waals surface area (Å²) in [4.78, 5) is 26.7. The van der Waals surface area contributed by atoms with Crippen LogP contribution in [-0.2, 0) is 17.9 Å². The van der Waals surface area contributed by atoms with Gasteiger partial charge in [-0.2, -0.15) is 0 Å². The molecule has 1 aliphatic heterocycles. The van der Waals surface area contributed by atoms with Crippen LogP contribution >= 0.6 is 0 Å². The number of piperidine rings is 1. The van der Waals surface area contributed by atoms with Crippen molar-refractivity contribution in [3.8, 4) is 0 Å². The van der Waals surface area contributed by atoms with Crippen molar-refractivity contribution in [3.05, 3.63) is 45.7 Å². The number of rotatable bonds is 6. The average molecular weight is 358 g/mol. The van der Waals surface area contributed by atoms with Crippen LogP contribution in [-0.4, -0.2) is 48.2 Å². The van der Waals surface area contributed by atoms with Gasteiger partial charge in [-0.15, -0.1) is 0 Å². The third kappa shape index (κ3) is 3.95. The number of carbonyl (C=O) groups is 1. The number of fused-ring (bicyclic) bond motifs is 1. The number of nitrogens with zero attached hydrogens (tertiary/aromatic N) is 2. The Labute approximate surface area is 152 Å². The molecule has 1 amide bonds. The number of hydrogen-bond acceptors (Lipinski definition) is 5. The van der Waals surface area contributed by atoms with Gasteiger partial charge < -0.3 is 25.7 Å². The molecule has 1 aromatic carbocycles. The zero-order valence-corrected chi connectivity index (χ0v) is 15.1. The highest BCUT2D eigenvalue weighted by Gasteiger charge is 2.17. The van der Waals surface area contributed by atoms with E-state index in [0.717, 1.165) is 43.6 Å². The summed E-state index contributed by atoms with van der Waals surface area (Å²) in [5, 5.41) is 0.692. The Balaban J connectivity index is 1.96. The van der Waals surface area contributed by atoms with Gasteiger partial charge in [0.25, 0.3) is 5.56 Å². The van der Waals surface area contributed by atoms with Crippen molar-refractivity contribution in [1.29, 1.82) is 0 Å². The molecule has 1 fully saturated rings. The zero-order chi connectivity index (χ0) is 18.7. The molecule has 2 heterocycles. The van der Waals surface area contributed by atoms with Gasteiger partial charge in [0.2, 0.25) is 5.91 Å². The topological polar surface area (TPSA) is 104 Å². The molecule has 0 unspecified atom stereocenters. The van der Waals surface area contributed by atoms with E-state index in [9.17, 15) is 9.59 Å². The quantitative estimate of drug-likeness (QED) is 0.790. The number of primary amides is 1. The number of nitrogens with two attached hydrogens (primary N) is 2. The van der Waals surface area contributed by atoms with Gasteiger partial charge in [-0.05, 0) is 37.6 Å². The molecule has 7 nitrogen and oxygen atoms in total. The first-order valence-electron chi connectivity index (χ1n) is 8.92. The predicted molar refractivity (Wildman–Crippen MR) is 101 cm³/mol. The molecule has 2 aromatic rings. The third-order valence-electron chi connectivity index (χ3n) is 5.03. The molecule has 0 saturated carbocycles. The van der Waals surface area contributed by atoms with Crippen LogP contribution in [0.4, 0.5) is 0 Å². The summed E-state index contributed by atoms with van der Waals surface area (Å²) in [5.41, 5.74) is 13.1. The van der Waals surface area contributed by atoms with Crippen molar-refractivity contribution in [2.75, 3.05) is 26.7 Å². The first-order chi connectivity index (χ1) is 12.5. The number of methoxy groups -OCH3 is 1. The van der Waals surface area contributed by atoms with Gasteiger partial charge in [0.15, 0.2) is 0 Å². The molecule has 3 rings (SSSR count). The SMILES string of the molecule is COCc1ccc2c(C(N)=O)cc(=O)n(CCN3CCC(N)CC3)c2c1. The molecule has 7 heteroatoms. The van der Waals surface area contributed by atoms with Crippen LogP contribution in [0.3, 0.4) is 0 Å². The van der Waals surface area contributed by atoms with Crippen LogP contribution in [0, 0.1) is 0 Å². The van der Waals surface area contributed by atoms with E-state index >= 15 is 0 Å². The molecule has 0 atom stereocenters. The Morgan fingerprint density at radius 1 is 1.23 bits per heavy atom. The summed E-state index contributed by atoms with van der Waals surface area (Å²) in [6.07, 6.45) is 1.96. The van der Waals surface area contributed by atoms with Crippen LogP contribution in [0.5, 0.6) is 0 Å². The maximum absolute atomic E-state index is 12.6. The molecule has 0 radical (unpaired) electrons. The number of hydrogen-bond donors (Lipinski definition) is 2. The first kappa shape index (κ1) is 18.6. The largest absolute Gasteiger partial charge is 0.380 e. The summed E-state index contributed by atoms with van der Waals surface area (Å²) in [6, 6.07) is 7.24. The van der Waals surface area contributed by atoms with E-state index in [1.807, 2.05) is 18.2 Å². The van der Waals surface area contributed by atoms with E-state index in [2.05, 4.69) is 4.90 Å². The van der Waals surface area contributed by atoms with Crippen LogP contribution in [0.2, 0.25) is 0 Å². The van der Waals surface area contributed by atoms with Gasteiger partial charge in [0, 0.05) is 37.7 Å². The Morgan fingerprint density at radius 2 is 1.96 bits per heavy atom. The number of likely N-dealkylation sites (tertiary alicyclic amines) is 1. The van der Waals surface area contributed by atoms with Crippen molar-refractivity contribution < 1.29 is 9.53 Å². The second kappa shape index (κ2) is 7.99. The normalized spacial score (nSPS) is 16.2. The standard InChI is InChI=1S/C19H26N4O3/c1-26-12-13-2-3-15-16(19(21)25)11-18(24)23(17(15)10-13)9-8-22-6-4-14(20)5-7-22/h2-3,10-11,14H,4-9,12,20H2,1H3,(H2,21,25). The maximum Gasteiger partial charge on any atom is 0.251 e. The molecule has 1 aliphatic rings. The lowest BCUT2D eigenvalue weighted by atomic mass is 10.1. The number of aromatic nitrogens is 1. The second-order valence-corrected chi connectivity index (χ2v) is 6.88. The molecular weight excluding hydrogens is 332 g/mol. The van der Waals surface area contributed by atoms with Crippen molar-refractivity contribution in [2.24, 2.45) is 11.5 Å². The van der Waals surface area contributed by atoms with Crippen molar-refractivity contribution in [1.82, 2.24) is 9.47 Å². The molecule has 4 N–H and O–H groups in total. The minimum atomic E-state index is -0.594. The Hall–Kier alpha value is -2.22. The lowest BCUT2D eigenvalue weighted by Crippen LogP contribution is -2.41. The molecule has 26 heavy (non-hydrogen) atoms. The minimum Gasteiger partial charge on any atom is -0.380 e. The van der Waals surface area contributed by atoms with E-state index < -0.39 is 5.91 Å². The van der Waals surface area contributed by atoms with Crippen LogP contribution in [0.15, 0.2) is 29.1 Å². The molecule has 0 spiro atoms. The van der Waals surface area contributed by atoms with E-state index in [-0.39, 0.29) is 17.2 Å². The highest BCUT2D eigenvalue weighted by molar-refractivity contribution is 6.05. The van der Waals surface area contributed by atoms with Crippen molar-refractivity contribution in [2.45, 2.75) is 32.0 Å². The van der Waals surface area contributed by atoms with Gasteiger partial charge >= 0.3 is 0 Å². The Morgan fingerprint density at radius 3 is 2.62 bits per heavy atom. The number of ether oxygens (including phenoxy) is 1. The average Bonchev–Trinajstić information content (AvgIpc) is 2.62. The second-order valence-electron chi connectivity index (χ2n) is 6.88. The number of benzene rings is 1. The number of pyridine rings is 1. The summed E-state index contributed by atoms with van der Waals surface area (Å²) in [7, 11) is 1.62. The summed E-state index contributed by atoms with van der Waals surface area (Å²) in [5.74, 6) is -0.594. The summed E-state index contributed by atoms with van der Waals surface area (Å²) >= 11 is 0. The first-order valence-corrected chi connectivity index (χ1v) is 8.92. The van der Waals surface area contributed by atoms with Gasteiger partial charge in [-0.3, -0.25) is 9.59 Å². The highest BCUT2D eigenvalue weighted by Crippen LogP contribution is 2.20. The predicted octanol–water partition coefficient (Wildman–Crippen LogP) is 0.670. The van der Waals surface area contributed by atoms with Crippen molar-refractivity contribution >= 4 is 16.8 Å². The molecule has 0 aliphatic carbocycles. The smallest absolute Gasteiger partial charge is 0.251 e. The van der Waals surface area contributed by atoms with Crippen LogP contribution in [0.25, 0.3) is 10.9 Å². The summed E-state index contributed by atoms with van der Waals surface area (Å²) < 4.78 is 6.91. The fraction of sp³-hybridized carbons (Fsp3) is 0.474. The summed E-state index contributed by atoms with van der Waals surface area (Å²) in [6.45, 7) is 3.66. The maximum atomic E-state index is 12.6. The monoisotopic (exact) mass is 358 g/mol. The lowest BCUT2D eigenvalue weighted by molar-refractivity contribution is 0.100. The fourth-order valence-electron chi connectivity index (χ4n) is 3.54. The number of amides is 1. The molecule has 1 saturated heterocycles. The van der Waals surface area contributed by atoms with Gasteiger partial charge in [0.05, 0.1) is 17.7 Å². The van der Waals surface area contributed by atoms with Gasteiger partial charge in [0.1, 0.15) is 0 Å². The zero-order valence-electron chi connectivity index (χ0n) is 15.1. The fourth-order valence-corrected chi connectivity index (χ4v) is 3.54. The van der Waals surface area contributed by atoms with Gasteiger partial charge in [-0.1, -0.05) is 12.1 Å². The van der Waals surface area contributed by atoms with E-state index in [4.69, 9.17) is 16.2 Å². The Kier molecular flexibility index (Phi) is 5.70. The van der Waals surface area contributed by atoms with Crippen LogP contribution in [0.1, 0.15) is 28.8 Å². The van der Waals surface area contributed by atoms with Crippen LogP contribution < -0.4 is 17.0 Å². The third-order valence-corrected chi connectivity index (χ3v) is 5.03.